The number of carbonyl (C=O) groups excluding carboxylic acids is 2. The van der Waals surface area contributed by atoms with Gasteiger partial charge in [0.1, 0.15) is 10.7 Å². The van der Waals surface area contributed by atoms with Gasteiger partial charge in [-0.1, -0.05) is 18.6 Å². The third-order valence-electron chi connectivity index (χ3n) is 3.74. The summed E-state index contributed by atoms with van der Waals surface area (Å²) < 4.78 is 42.9. The number of unbranched alkanes of at least 4 members (excludes halogenated alkanes) is 2. The van der Waals surface area contributed by atoms with Crippen molar-refractivity contribution < 1.29 is 27.5 Å². The van der Waals surface area contributed by atoms with E-state index in [1.54, 1.807) is 0 Å². The number of aromatic nitrogens is 1. The van der Waals surface area contributed by atoms with Crippen molar-refractivity contribution in [3.05, 3.63) is 40.9 Å². The number of methoxy groups -OCH3 is 1. The lowest BCUT2D eigenvalue weighted by Crippen LogP contribution is -2.24. The van der Waals surface area contributed by atoms with Gasteiger partial charge in [-0.2, -0.15) is 13.2 Å². The molecule has 27 heavy (non-hydrogen) atoms. The number of amides is 1. The zero-order valence-corrected chi connectivity index (χ0v) is 15.5. The maximum Gasteiger partial charge on any atom is 0.416 e. The number of thiazole rings is 1. The van der Waals surface area contributed by atoms with Crippen molar-refractivity contribution in [2.45, 2.75) is 31.9 Å². The number of hydrogen-bond acceptors (Lipinski definition) is 5. The Bertz CT molecular complexity index is 790. The zero-order valence-electron chi connectivity index (χ0n) is 14.6. The fourth-order valence-electron chi connectivity index (χ4n) is 2.30. The van der Waals surface area contributed by atoms with E-state index in [4.69, 9.17) is 0 Å². The SMILES string of the molecule is COC(=O)CCCCCNC(=O)c1csc(-c2cccc(C(F)(F)F)c2)n1. The molecule has 0 aliphatic carbocycles. The summed E-state index contributed by atoms with van der Waals surface area (Å²) in [6.07, 6.45) is -1.94. The van der Waals surface area contributed by atoms with Gasteiger partial charge in [0.2, 0.25) is 0 Å². The third kappa shape index (κ3) is 6.35. The van der Waals surface area contributed by atoms with Crippen molar-refractivity contribution in [3.8, 4) is 10.6 Å². The molecule has 0 saturated heterocycles. The molecule has 0 saturated carbocycles. The second-order valence-corrected chi connectivity index (χ2v) is 6.62. The summed E-state index contributed by atoms with van der Waals surface area (Å²) in [7, 11) is 1.34. The summed E-state index contributed by atoms with van der Waals surface area (Å²) in [5.41, 5.74) is -0.271. The number of nitrogens with zero attached hydrogens (tertiary/aromatic N) is 1. The molecular formula is C18H19F3N2O3S. The van der Waals surface area contributed by atoms with E-state index < -0.39 is 11.7 Å². The standard InChI is InChI=1S/C18H19F3N2O3S/c1-26-15(24)8-3-2-4-9-22-16(25)14-11-27-17(23-14)12-6-5-7-13(10-12)18(19,20)21/h5-7,10-11H,2-4,8-9H2,1H3,(H,22,25). The number of ether oxygens (including phenoxy) is 1. The van der Waals surface area contributed by atoms with Crippen LogP contribution in [0.3, 0.4) is 0 Å². The average molecular weight is 400 g/mol. The van der Waals surface area contributed by atoms with Crippen LogP contribution in [0.2, 0.25) is 0 Å². The van der Waals surface area contributed by atoms with E-state index in [1.165, 1.54) is 24.6 Å². The molecule has 2 rings (SSSR count). The largest absolute Gasteiger partial charge is 0.469 e. The molecule has 0 aliphatic rings. The fourth-order valence-corrected chi connectivity index (χ4v) is 3.10. The van der Waals surface area contributed by atoms with E-state index in [0.29, 0.717) is 36.4 Å². The molecule has 0 fully saturated rings. The Morgan fingerprint density at radius 1 is 1.22 bits per heavy atom. The highest BCUT2D eigenvalue weighted by Gasteiger charge is 2.30. The molecule has 0 atom stereocenters. The first-order valence-corrected chi connectivity index (χ1v) is 9.17. The van der Waals surface area contributed by atoms with Crippen LogP contribution in [0, 0.1) is 0 Å². The minimum Gasteiger partial charge on any atom is -0.469 e. The Hall–Kier alpha value is -2.42. The third-order valence-corrected chi connectivity index (χ3v) is 4.64. The Morgan fingerprint density at radius 2 is 2.00 bits per heavy atom. The first-order valence-electron chi connectivity index (χ1n) is 8.29. The van der Waals surface area contributed by atoms with Crippen molar-refractivity contribution >= 4 is 23.2 Å². The molecule has 1 aromatic heterocycles. The molecule has 0 bridgehead atoms. The highest BCUT2D eigenvalue weighted by atomic mass is 32.1. The predicted molar refractivity (Wildman–Crippen MR) is 95.4 cm³/mol. The first-order chi connectivity index (χ1) is 12.8. The molecule has 0 unspecified atom stereocenters. The topological polar surface area (TPSA) is 68.3 Å². The van der Waals surface area contributed by atoms with Gasteiger partial charge < -0.3 is 10.1 Å². The monoisotopic (exact) mass is 400 g/mol. The first kappa shape index (κ1) is 20.9. The molecule has 146 valence electrons. The normalized spacial score (nSPS) is 11.3. The number of esters is 1. The molecule has 1 N–H and O–H groups in total. The number of nitrogens with one attached hydrogen (secondary N) is 1. The lowest BCUT2D eigenvalue weighted by molar-refractivity contribution is -0.140. The van der Waals surface area contributed by atoms with Gasteiger partial charge in [0.25, 0.3) is 5.91 Å². The summed E-state index contributed by atoms with van der Waals surface area (Å²) in [5, 5.41) is 4.58. The van der Waals surface area contributed by atoms with Crippen LogP contribution >= 0.6 is 11.3 Å². The van der Waals surface area contributed by atoms with Crippen LogP contribution < -0.4 is 5.32 Å². The highest BCUT2D eigenvalue weighted by Crippen LogP contribution is 2.33. The van der Waals surface area contributed by atoms with Gasteiger partial charge in [0.15, 0.2) is 0 Å². The van der Waals surface area contributed by atoms with Crippen molar-refractivity contribution in [2.75, 3.05) is 13.7 Å². The summed E-state index contributed by atoms with van der Waals surface area (Å²) in [6, 6.07) is 4.84. The molecule has 0 radical (unpaired) electrons. The summed E-state index contributed by atoms with van der Waals surface area (Å²) in [6.45, 7) is 0.427. The fraction of sp³-hybridized carbons (Fsp3) is 0.389. The zero-order chi connectivity index (χ0) is 19.9. The van der Waals surface area contributed by atoms with Gasteiger partial charge in [-0.15, -0.1) is 11.3 Å². The van der Waals surface area contributed by atoms with E-state index in [0.717, 1.165) is 29.9 Å². The number of halogens is 3. The lowest BCUT2D eigenvalue weighted by atomic mass is 10.1. The van der Waals surface area contributed by atoms with Gasteiger partial charge in [-0.3, -0.25) is 9.59 Å². The van der Waals surface area contributed by atoms with Crippen LogP contribution in [0.4, 0.5) is 13.2 Å². The van der Waals surface area contributed by atoms with Crippen molar-refractivity contribution in [1.29, 1.82) is 0 Å². The smallest absolute Gasteiger partial charge is 0.416 e. The maximum atomic E-state index is 12.8. The van der Waals surface area contributed by atoms with Crippen LogP contribution in [-0.4, -0.2) is 30.5 Å². The van der Waals surface area contributed by atoms with E-state index >= 15 is 0 Å². The van der Waals surface area contributed by atoms with E-state index in [9.17, 15) is 22.8 Å². The van der Waals surface area contributed by atoms with Gasteiger partial charge >= 0.3 is 12.1 Å². The molecule has 1 heterocycles. The van der Waals surface area contributed by atoms with E-state index in [-0.39, 0.29) is 17.6 Å². The molecule has 1 amide bonds. The van der Waals surface area contributed by atoms with Crippen LogP contribution in [0.25, 0.3) is 10.6 Å². The Balaban J connectivity index is 1.86. The Kier molecular flexibility index (Phi) is 7.35. The summed E-state index contributed by atoms with van der Waals surface area (Å²) in [5.74, 6) is -0.638. The quantitative estimate of drug-likeness (QED) is 0.530. The Labute approximate surface area is 158 Å². The molecule has 2 aromatic rings. The molecule has 9 heteroatoms. The highest BCUT2D eigenvalue weighted by molar-refractivity contribution is 7.13. The number of hydrogen-bond donors (Lipinski definition) is 1. The van der Waals surface area contributed by atoms with E-state index in [1.807, 2.05) is 0 Å². The number of carbonyl (C=O) groups is 2. The second kappa shape index (κ2) is 9.50. The second-order valence-electron chi connectivity index (χ2n) is 5.76. The van der Waals surface area contributed by atoms with Gasteiger partial charge in [0.05, 0.1) is 12.7 Å². The van der Waals surface area contributed by atoms with Crippen molar-refractivity contribution in [2.24, 2.45) is 0 Å². The lowest BCUT2D eigenvalue weighted by Gasteiger charge is -2.07. The minimum absolute atomic E-state index is 0.168. The number of alkyl halides is 3. The minimum atomic E-state index is -4.43. The maximum absolute atomic E-state index is 12.8. The number of rotatable bonds is 8. The van der Waals surface area contributed by atoms with Crippen LogP contribution in [-0.2, 0) is 15.7 Å². The van der Waals surface area contributed by atoms with Crippen LogP contribution in [0.15, 0.2) is 29.6 Å². The van der Waals surface area contributed by atoms with Crippen molar-refractivity contribution in [3.63, 3.8) is 0 Å². The van der Waals surface area contributed by atoms with Crippen molar-refractivity contribution in [1.82, 2.24) is 10.3 Å². The molecular weight excluding hydrogens is 381 g/mol. The average Bonchev–Trinajstić information content (AvgIpc) is 3.14. The molecule has 5 nitrogen and oxygen atoms in total. The van der Waals surface area contributed by atoms with Crippen LogP contribution in [0.5, 0.6) is 0 Å². The summed E-state index contributed by atoms with van der Waals surface area (Å²) >= 11 is 1.11. The van der Waals surface area contributed by atoms with Gasteiger partial charge in [-0.05, 0) is 25.0 Å². The van der Waals surface area contributed by atoms with E-state index in [2.05, 4.69) is 15.0 Å². The van der Waals surface area contributed by atoms with Gasteiger partial charge in [-0.25, -0.2) is 4.98 Å². The summed E-state index contributed by atoms with van der Waals surface area (Å²) in [4.78, 5) is 27.2. The molecule has 0 spiro atoms. The molecule has 1 aromatic carbocycles. The van der Waals surface area contributed by atoms with Crippen LogP contribution in [0.1, 0.15) is 41.7 Å². The van der Waals surface area contributed by atoms with Gasteiger partial charge in [0, 0.05) is 23.9 Å². The Morgan fingerprint density at radius 3 is 2.70 bits per heavy atom. The number of benzene rings is 1. The predicted octanol–water partition coefficient (Wildman–Crippen LogP) is 4.29. The molecule has 0 aliphatic heterocycles.